The SMILES string of the molecule is NOCc1ccc(N2CCNC(=O)C2=O)cc1. The van der Waals surface area contributed by atoms with Gasteiger partial charge in [0.1, 0.15) is 0 Å². The van der Waals surface area contributed by atoms with Crippen LogP contribution in [0.4, 0.5) is 5.69 Å². The summed E-state index contributed by atoms with van der Waals surface area (Å²) in [7, 11) is 0. The first kappa shape index (κ1) is 11.6. The third kappa shape index (κ3) is 2.43. The Bertz CT molecular complexity index is 430. The smallest absolute Gasteiger partial charge is 0.316 e. The fourth-order valence-corrected chi connectivity index (χ4v) is 1.70. The predicted octanol–water partition coefficient (Wildman–Crippen LogP) is -0.460. The molecule has 0 atom stereocenters. The molecule has 90 valence electrons. The summed E-state index contributed by atoms with van der Waals surface area (Å²) in [5.74, 6) is 3.87. The van der Waals surface area contributed by atoms with Crippen molar-refractivity contribution < 1.29 is 14.4 Å². The molecule has 2 amide bonds. The molecule has 0 saturated carbocycles. The molecule has 1 aromatic carbocycles. The summed E-state index contributed by atoms with van der Waals surface area (Å²) in [6.45, 7) is 1.27. The first-order valence-electron chi connectivity index (χ1n) is 5.22. The zero-order chi connectivity index (χ0) is 12.3. The number of benzene rings is 1. The lowest BCUT2D eigenvalue weighted by Crippen LogP contribution is -2.52. The zero-order valence-corrected chi connectivity index (χ0v) is 9.18. The molecule has 0 unspecified atom stereocenters. The van der Waals surface area contributed by atoms with Crippen LogP contribution >= 0.6 is 0 Å². The molecule has 17 heavy (non-hydrogen) atoms. The zero-order valence-electron chi connectivity index (χ0n) is 9.18. The number of hydrogen-bond acceptors (Lipinski definition) is 4. The molecule has 1 aromatic rings. The van der Waals surface area contributed by atoms with E-state index < -0.39 is 11.8 Å². The van der Waals surface area contributed by atoms with Crippen molar-refractivity contribution in [3.8, 4) is 0 Å². The van der Waals surface area contributed by atoms with E-state index in [-0.39, 0.29) is 0 Å². The molecule has 0 aromatic heterocycles. The van der Waals surface area contributed by atoms with Gasteiger partial charge in [0.15, 0.2) is 0 Å². The second kappa shape index (κ2) is 4.94. The maximum Gasteiger partial charge on any atom is 0.316 e. The summed E-state index contributed by atoms with van der Waals surface area (Å²) in [5.41, 5.74) is 1.61. The fraction of sp³-hybridized carbons (Fsp3) is 0.273. The summed E-state index contributed by atoms with van der Waals surface area (Å²) >= 11 is 0. The number of nitrogens with zero attached hydrogens (tertiary/aromatic N) is 1. The van der Waals surface area contributed by atoms with Crippen molar-refractivity contribution in [3.05, 3.63) is 29.8 Å². The number of rotatable bonds is 3. The number of amides is 2. The van der Waals surface area contributed by atoms with Crippen molar-refractivity contribution in [3.63, 3.8) is 0 Å². The predicted molar refractivity (Wildman–Crippen MR) is 60.8 cm³/mol. The highest BCUT2D eigenvalue weighted by atomic mass is 16.6. The Kier molecular flexibility index (Phi) is 3.36. The van der Waals surface area contributed by atoms with Crippen molar-refractivity contribution in [2.75, 3.05) is 18.0 Å². The van der Waals surface area contributed by atoms with E-state index in [9.17, 15) is 9.59 Å². The quantitative estimate of drug-likeness (QED) is 0.548. The Hall–Kier alpha value is -1.92. The maximum atomic E-state index is 11.6. The average molecular weight is 235 g/mol. The van der Waals surface area contributed by atoms with E-state index in [0.29, 0.717) is 25.4 Å². The van der Waals surface area contributed by atoms with Crippen LogP contribution < -0.4 is 16.1 Å². The van der Waals surface area contributed by atoms with Gasteiger partial charge >= 0.3 is 11.8 Å². The number of hydrogen-bond donors (Lipinski definition) is 2. The van der Waals surface area contributed by atoms with Crippen molar-refractivity contribution in [2.24, 2.45) is 5.90 Å². The molecule has 0 radical (unpaired) electrons. The minimum atomic E-state index is -0.564. The van der Waals surface area contributed by atoms with E-state index in [4.69, 9.17) is 5.90 Å². The van der Waals surface area contributed by atoms with Crippen molar-refractivity contribution in [1.29, 1.82) is 0 Å². The van der Waals surface area contributed by atoms with Gasteiger partial charge in [0.2, 0.25) is 0 Å². The highest BCUT2D eigenvalue weighted by Crippen LogP contribution is 2.16. The highest BCUT2D eigenvalue weighted by Gasteiger charge is 2.26. The van der Waals surface area contributed by atoms with E-state index in [2.05, 4.69) is 10.2 Å². The Balaban J connectivity index is 2.16. The maximum absolute atomic E-state index is 11.6. The molecule has 1 heterocycles. The van der Waals surface area contributed by atoms with Gasteiger partial charge in [-0.25, -0.2) is 5.90 Å². The minimum Gasteiger partial charge on any atom is -0.346 e. The van der Waals surface area contributed by atoms with Crippen LogP contribution in [-0.4, -0.2) is 24.9 Å². The van der Waals surface area contributed by atoms with Crippen molar-refractivity contribution in [2.45, 2.75) is 6.61 Å². The lowest BCUT2D eigenvalue weighted by atomic mass is 10.2. The van der Waals surface area contributed by atoms with Crippen molar-refractivity contribution in [1.82, 2.24) is 5.32 Å². The van der Waals surface area contributed by atoms with Gasteiger partial charge in [0.05, 0.1) is 6.61 Å². The second-order valence-electron chi connectivity index (χ2n) is 3.69. The number of anilines is 1. The van der Waals surface area contributed by atoms with Gasteiger partial charge in [0, 0.05) is 18.8 Å². The number of nitrogens with two attached hydrogens (primary N) is 1. The summed E-state index contributed by atoms with van der Waals surface area (Å²) in [6, 6.07) is 7.15. The van der Waals surface area contributed by atoms with Crippen LogP contribution in [0.2, 0.25) is 0 Å². The first-order valence-corrected chi connectivity index (χ1v) is 5.22. The molecule has 0 bridgehead atoms. The van der Waals surface area contributed by atoms with Crippen LogP contribution in [0.3, 0.4) is 0 Å². The van der Waals surface area contributed by atoms with E-state index >= 15 is 0 Å². The van der Waals surface area contributed by atoms with Crippen LogP contribution in [0.25, 0.3) is 0 Å². The minimum absolute atomic E-state index is 0.314. The standard InChI is InChI=1S/C11H13N3O3/c12-17-7-8-1-3-9(4-2-8)14-6-5-13-10(15)11(14)16/h1-4H,5-7,12H2,(H,13,15). The number of piperazine rings is 1. The monoisotopic (exact) mass is 235 g/mol. The fourth-order valence-electron chi connectivity index (χ4n) is 1.70. The van der Waals surface area contributed by atoms with Gasteiger partial charge < -0.3 is 10.2 Å². The van der Waals surface area contributed by atoms with Crippen LogP contribution in [0, 0.1) is 0 Å². The third-order valence-corrected chi connectivity index (χ3v) is 2.56. The number of nitrogens with one attached hydrogen (secondary N) is 1. The molecular weight excluding hydrogens is 222 g/mol. The van der Waals surface area contributed by atoms with Gasteiger partial charge in [0.25, 0.3) is 0 Å². The number of carbonyl (C=O) groups is 2. The molecular formula is C11H13N3O3. The molecule has 1 aliphatic rings. The van der Waals surface area contributed by atoms with Gasteiger partial charge in [-0.2, -0.15) is 0 Å². The molecule has 3 N–H and O–H groups in total. The Morgan fingerprint density at radius 2 is 2.00 bits per heavy atom. The van der Waals surface area contributed by atoms with Gasteiger partial charge in [-0.05, 0) is 17.7 Å². The van der Waals surface area contributed by atoms with Crippen LogP contribution in [0.15, 0.2) is 24.3 Å². The van der Waals surface area contributed by atoms with Gasteiger partial charge in [-0.1, -0.05) is 12.1 Å². The molecule has 1 fully saturated rings. The molecule has 2 rings (SSSR count). The second-order valence-corrected chi connectivity index (χ2v) is 3.69. The summed E-state index contributed by atoms with van der Waals surface area (Å²) in [4.78, 5) is 28.8. The average Bonchev–Trinajstić information content (AvgIpc) is 2.34. The lowest BCUT2D eigenvalue weighted by Gasteiger charge is -2.26. The molecule has 1 saturated heterocycles. The van der Waals surface area contributed by atoms with E-state index in [0.717, 1.165) is 5.56 Å². The summed E-state index contributed by atoms with van der Waals surface area (Å²) < 4.78 is 0. The lowest BCUT2D eigenvalue weighted by molar-refractivity contribution is -0.138. The van der Waals surface area contributed by atoms with E-state index in [1.54, 1.807) is 12.1 Å². The Labute approximate surface area is 98.3 Å². The molecule has 1 aliphatic heterocycles. The molecule has 0 aliphatic carbocycles. The van der Waals surface area contributed by atoms with E-state index in [1.165, 1.54) is 4.90 Å². The molecule has 6 heteroatoms. The number of carbonyl (C=O) groups excluding carboxylic acids is 2. The molecule has 6 nitrogen and oxygen atoms in total. The van der Waals surface area contributed by atoms with Crippen molar-refractivity contribution >= 4 is 17.5 Å². The Morgan fingerprint density at radius 3 is 2.65 bits per heavy atom. The van der Waals surface area contributed by atoms with Crippen LogP contribution in [0.1, 0.15) is 5.56 Å². The third-order valence-electron chi connectivity index (χ3n) is 2.56. The highest BCUT2D eigenvalue weighted by molar-refractivity contribution is 6.41. The summed E-state index contributed by atoms with van der Waals surface area (Å²) in [6.07, 6.45) is 0. The largest absolute Gasteiger partial charge is 0.346 e. The normalized spacial score (nSPS) is 15.9. The van der Waals surface area contributed by atoms with Crippen LogP contribution in [-0.2, 0) is 21.0 Å². The Morgan fingerprint density at radius 1 is 1.29 bits per heavy atom. The topological polar surface area (TPSA) is 84.7 Å². The van der Waals surface area contributed by atoms with E-state index in [1.807, 2.05) is 12.1 Å². The van der Waals surface area contributed by atoms with Gasteiger partial charge in [-0.3, -0.25) is 14.4 Å². The summed E-state index contributed by atoms with van der Waals surface area (Å²) in [5, 5.41) is 2.50. The molecule has 0 spiro atoms. The first-order chi connectivity index (χ1) is 8.22. The van der Waals surface area contributed by atoms with Crippen LogP contribution in [0.5, 0.6) is 0 Å². The van der Waals surface area contributed by atoms with Gasteiger partial charge in [-0.15, -0.1) is 0 Å².